The zero-order chi connectivity index (χ0) is 21.3. The molecule has 1 aliphatic heterocycles. The van der Waals surface area contributed by atoms with Gasteiger partial charge in [-0.15, -0.1) is 0 Å². The molecule has 1 amide bonds. The highest BCUT2D eigenvalue weighted by Crippen LogP contribution is 2.21. The van der Waals surface area contributed by atoms with Crippen molar-refractivity contribution >= 4 is 17.5 Å². The van der Waals surface area contributed by atoms with Crippen LogP contribution in [0.2, 0.25) is 5.02 Å². The Balaban J connectivity index is 1.82. The number of aromatic nitrogens is 2. The predicted octanol–water partition coefficient (Wildman–Crippen LogP) is 2.18. The summed E-state index contributed by atoms with van der Waals surface area (Å²) in [5.41, 5.74) is 0.198. The van der Waals surface area contributed by atoms with Crippen molar-refractivity contribution in [2.24, 2.45) is 0 Å². The van der Waals surface area contributed by atoms with Crippen LogP contribution in [0.5, 0.6) is 0 Å². The van der Waals surface area contributed by atoms with E-state index in [0.717, 1.165) is 10.7 Å². The maximum absolute atomic E-state index is 13.7. The molecule has 0 radical (unpaired) electrons. The van der Waals surface area contributed by atoms with Crippen LogP contribution in [0.25, 0.3) is 16.9 Å². The SMILES string of the molecule is O=C(N[C@@H]1COC[C@H]1O)c1cc(-c2ccc(Cl)cc2)nn(-c2cccc(F)c2)c1=O. The second-order valence-corrected chi connectivity index (χ2v) is 7.27. The van der Waals surface area contributed by atoms with Crippen molar-refractivity contribution < 1.29 is 19.0 Å². The van der Waals surface area contributed by atoms with E-state index in [0.29, 0.717) is 16.3 Å². The minimum atomic E-state index is -0.864. The molecule has 2 N–H and O–H groups in total. The Morgan fingerprint density at radius 3 is 2.63 bits per heavy atom. The number of amides is 1. The lowest BCUT2D eigenvalue weighted by Crippen LogP contribution is -2.44. The highest BCUT2D eigenvalue weighted by Gasteiger charge is 2.29. The quantitative estimate of drug-likeness (QED) is 0.663. The number of hydrogen-bond acceptors (Lipinski definition) is 5. The summed E-state index contributed by atoms with van der Waals surface area (Å²) in [5.74, 6) is -1.23. The van der Waals surface area contributed by atoms with Crippen LogP contribution in [-0.4, -0.2) is 46.2 Å². The molecule has 154 valence electrons. The molecular formula is C21H17ClFN3O4. The van der Waals surface area contributed by atoms with Gasteiger partial charge in [-0.1, -0.05) is 29.8 Å². The molecule has 1 aromatic heterocycles. The Morgan fingerprint density at radius 2 is 1.97 bits per heavy atom. The topological polar surface area (TPSA) is 93.4 Å². The second-order valence-electron chi connectivity index (χ2n) is 6.83. The number of aliphatic hydroxyl groups excluding tert-OH is 1. The van der Waals surface area contributed by atoms with Crippen LogP contribution in [0.1, 0.15) is 10.4 Å². The molecule has 3 aromatic rings. The van der Waals surface area contributed by atoms with Gasteiger partial charge in [0.25, 0.3) is 11.5 Å². The average Bonchev–Trinajstić information content (AvgIpc) is 3.13. The van der Waals surface area contributed by atoms with E-state index in [4.69, 9.17) is 16.3 Å². The van der Waals surface area contributed by atoms with Crippen LogP contribution in [-0.2, 0) is 4.74 Å². The molecule has 2 atom stereocenters. The zero-order valence-corrected chi connectivity index (χ0v) is 16.3. The van der Waals surface area contributed by atoms with Crippen LogP contribution >= 0.6 is 11.6 Å². The summed E-state index contributed by atoms with van der Waals surface area (Å²) in [6.07, 6.45) is -0.864. The van der Waals surface area contributed by atoms with E-state index in [1.54, 1.807) is 24.3 Å². The molecule has 30 heavy (non-hydrogen) atoms. The van der Waals surface area contributed by atoms with Gasteiger partial charge >= 0.3 is 0 Å². The molecule has 0 bridgehead atoms. The Bertz CT molecular complexity index is 1150. The van der Waals surface area contributed by atoms with E-state index < -0.39 is 29.4 Å². The van der Waals surface area contributed by atoms with E-state index >= 15 is 0 Å². The first kappa shape index (κ1) is 20.2. The van der Waals surface area contributed by atoms with E-state index in [9.17, 15) is 19.1 Å². The first-order valence-corrected chi connectivity index (χ1v) is 9.53. The summed E-state index contributed by atoms with van der Waals surface area (Å²) in [6.45, 7) is 0.241. The van der Waals surface area contributed by atoms with E-state index in [-0.39, 0.29) is 24.5 Å². The summed E-state index contributed by atoms with van der Waals surface area (Å²) < 4.78 is 19.9. The van der Waals surface area contributed by atoms with Crippen molar-refractivity contribution in [2.45, 2.75) is 12.1 Å². The van der Waals surface area contributed by atoms with Gasteiger partial charge in [0, 0.05) is 10.6 Å². The smallest absolute Gasteiger partial charge is 0.284 e. The van der Waals surface area contributed by atoms with Crippen LogP contribution in [0.15, 0.2) is 59.4 Å². The van der Waals surface area contributed by atoms with Crippen molar-refractivity contribution in [3.05, 3.63) is 81.4 Å². The first-order valence-electron chi connectivity index (χ1n) is 9.15. The van der Waals surface area contributed by atoms with Gasteiger partial charge in [0.15, 0.2) is 0 Å². The third-order valence-electron chi connectivity index (χ3n) is 4.72. The number of halogens is 2. The summed E-state index contributed by atoms with van der Waals surface area (Å²) >= 11 is 5.94. The number of carbonyl (C=O) groups excluding carboxylic acids is 1. The fourth-order valence-electron chi connectivity index (χ4n) is 3.13. The molecule has 0 unspecified atom stereocenters. The number of nitrogens with zero attached hydrogens (tertiary/aromatic N) is 2. The zero-order valence-electron chi connectivity index (χ0n) is 15.6. The summed E-state index contributed by atoms with van der Waals surface area (Å²) in [6, 6.07) is 12.8. The Hall–Kier alpha value is -3.07. The molecule has 9 heteroatoms. The van der Waals surface area contributed by atoms with Gasteiger partial charge < -0.3 is 15.2 Å². The van der Waals surface area contributed by atoms with Crippen LogP contribution in [0.3, 0.4) is 0 Å². The Morgan fingerprint density at radius 1 is 1.20 bits per heavy atom. The van der Waals surface area contributed by atoms with Crippen molar-refractivity contribution in [3.8, 4) is 16.9 Å². The molecule has 1 saturated heterocycles. The van der Waals surface area contributed by atoms with Gasteiger partial charge in [0.2, 0.25) is 0 Å². The summed E-state index contributed by atoms with van der Waals surface area (Å²) in [7, 11) is 0. The number of benzene rings is 2. The lowest BCUT2D eigenvalue weighted by molar-refractivity contribution is 0.0884. The van der Waals surface area contributed by atoms with Gasteiger partial charge in [-0.2, -0.15) is 9.78 Å². The van der Waals surface area contributed by atoms with Gasteiger partial charge in [-0.25, -0.2) is 4.39 Å². The minimum absolute atomic E-state index is 0.102. The molecule has 0 spiro atoms. The Kier molecular flexibility index (Phi) is 5.63. The number of nitrogens with one attached hydrogen (secondary N) is 1. The third-order valence-corrected chi connectivity index (χ3v) is 4.97. The van der Waals surface area contributed by atoms with E-state index in [2.05, 4.69) is 10.4 Å². The van der Waals surface area contributed by atoms with Crippen LogP contribution in [0, 0.1) is 5.82 Å². The first-order chi connectivity index (χ1) is 14.4. The molecule has 0 aliphatic carbocycles. The second kappa shape index (κ2) is 8.35. The van der Waals surface area contributed by atoms with Gasteiger partial charge in [-0.05, 0) is 36.4 Å². The van der Waals surface area contributed by atoms with Crippen LogP contribution < -0.4 is 10.9 Å². The molecule has 1 fully saturated rings. The Labute approximate surface area is 175 Å². The van der Waals surface area contributed by atoms with Crippen LogP contribution in [0.4, 0.5) is 4.39 Å². The van der Waals surface area contributed by atoms with Crippen molar-refractivity contribution in [2.75, 3.05) is 13.2 Å². The van der Waals surface area contributed by atoms with E-state index in [1.807, 2.05) is 0 Å². The average molecular weight is 430 g/mol. The van der Waals surface area contributed by atoms with Crippen molar-refractivity contribution in [1.29, 1.82) is 0 Å². The summed E-state index contributed by atoms with van der Waals surface area (Å²) in [4.78, 5) is 25.9. The molecule has 4 rings (SSSR count). The maximum atomic E-state index is 13.7. The standard InChI is InChI=1S/C21H17ClFN3O4/c22-13-6-4-12(5-7-13)17-9-16(20(28)24-18-10-30-11-19(18)27)21(29)26(25-17)15-3-1-2-14(23)8-15/h1-9,18-19,27H,10-11H2,(H,24,28)/t18-,19-/m1/s1. The lowest BCUT2D eigenvalue weighted by atomic mass is 10.1. The fourth-order valence-corrected chi connectivity index (χ4v) is 3.25. The fraction of sp³-hybridized carbons (Fsp3) is 0.190. The van der Waals surface area contributed by atoms with Crippen molar-refractivity contribution in [1.82, 2.24) is 15.1 Å². The van der Waals surface area contributed by atoms with Gasteiger partial charge in [0.05, 0.1) is 36.7 Å². The molecule has 2 aromatic carbocycles. The third kappa shape index (κ3) is 4.11. The molecule has 7 nitrogen and oxygen atoms in total. The minimum Gasteiger partial charge on any atom is -0.388 e. The molecular weight excluding hydrogens is 413 g/mol. The number of hydrogen-bond donors (Lipinski definition) is 2. The number of ether oxygens (including phenoxy) is 1. The van der Waals surface area contributed by atoms with Crippen molar-refractivity contribution in [3.63, 3.8) is 0 Å². The normalized spacial score (nSPS) is 18.4. The highest BCUT2D eigenvalue weighted by molar-refractivity contribution is 6.30. The monoisotopic (exact) mass is 429 g/mol. The number of rotatable bonds is 4. The highest BCUT2D eigenvalue weighted by atomic mass is 35.5. The molecule has 2 heterocycles. The number of carbonyl (C=O) groups is 1. The van der Waals surface area contributed by atoms with Gasteiger partial charge in [0.1, 0.15) is 11.4 Å². The predicted molar refractivity (Wildman–Crippen MR) is 108 cm³/mol. The summed E-state index contributed by atoms with van der Waals surface area (Å²) in [5, 5.41) is 17.3. The maximum Gasteiger partial charge on any atom is 0.284 e. The molecule has 0 saturated carbocycles. The van der Waals surface area contributed by atoms with Gasteiger partial charge in [-0.3, -0.25) is 9.59 Å². The number of aliphatic hydroxyl groups is 1. The molecule has 1 aliphatic rings. The largest absolute Gasteiger partial charge is 0.388 e. The lowest BCUT2D eigenvalue weighted by Gasteiger charge is -2.16. The van der Waals surface area contributed by atoms with E-state index in [1.165, 1.54) is 24.3 Å².